The fourth-order valence-corrected chi connectivity index (χ4v) is 4.62. The first-order valence-corrected chi connectivity index (χ1v) is 11.8. The summed E-state index contributed by atoms with van der Waals surface area (Å²) in [4.78, 5) is 12.9. The molecule has 0 fully saturated rings. The Labute approximate surface area is 182 Å². The number of nitrogens with one attached hydrogen (secondary N) is 1. The average Bonchev–Trinajstić information content (AvgIpc) is 2.69. The molecule has 7 nitrogen and oxygen atoms in total. The molecule has 1 heterocycles. The maximum Gasteiger partial charge on any atom is 0.244 e. The highest BCUT2D eigenvalue weighted by molar-refractivity contribution is 7.92. The number of amides is 1. The van der Waals surface area contributed by atoms with Gasteiger partial charge < -0.3 is 14.8 Å². The fraction of sp³-hybridized carbons (Fsp3) is 0.381. The Morgan fingerprint density at radius 2 is 1.77 bits per heavy atom. The molecular formula is C21H25ClN2O5S. The molecule has 0 aliphatic carbocycles. The lowest BCUT2D eigenvalue weighted by atomic mass is 10.1. The molecule has 2 aromatic rings. The second kappa shape index (κ2) is 8.73. The summed E-state index contributed by atoms with van der Waals surface area (Å²) in [7, 11) is -3.73. The number of carbonyl (C=O) groups is 1. The second-order valence-corrected chi connectivity index (χ2v) is 9.57. The monoisotopic (exact) mass is 452 g/mol. The van der Waals surface area contributed by atoms with E-state index in [1.54, 1.807) is 31.2 Å². The molecule has 0 unspecified atom stereocenters. The molecular weight excluding hydrogens is 428 g/mol. The van der Waals surface area contributed by atoms with Crippen molar-refractivity contribution in [2.24, 2.45) is 0 Å². The van der Waals surface area contributed by atoms with Gasteiger partial charge in [0, 0.05) is 5.02 Å². The third-order valence-electron chi connectivity index (χ3n) is 4.92. The minimum atomic E-state index is -3.73. The predicted octanol–water partition coefficient (Wildman–Crippen LogP) is 3.45. The van der Waals surface area contributed by atoms with Gasteiger partial charge in [-0.1, -0.05) is 23.7 Å². The van der Waals surface area contributed by atoms with Crippen LogP contribution in [0.5, 0.6) is 11.5 Å². The van der Waals surface area contributed by atoms with Crippen molar-refractivity contribution in [3.8, 4) is 11.5 Å². The van der Waals surface area contributed by atoms with Crippen LogP contribution >= 0.6 is 11.6 Å². The molecule has 2 aromatic carbocycles. The highest BCUT2D eigenvalue weighted by Crippen LogP contribution is 2.33. The van der Waals surface area contributed by atoms with E-state index >= 15 is 0 Å². The van der Waals surface area contributed by atoms with Gasteiger partial charge in [-0.2, -0.15) is 0 Å². The first kappa shape index (κ1) is 22.2. The summed E-state index contributed by atoms with van der Waals surface area (Å²) in [5, 5.41) is 3.31. The molecule has 0 radical (unpaired) electrons. The maximum absolute atomic E-state index is 12.9. The molecule has 1 aliphatic rings. The lowest BCUT2D eigenvalue weighted by Gasteiger charge is -2.29. The number of benzene rings is 2. The number of carbonyl (C=O) groups excluding carboxylic acids is 1. The maximum atomic E-state index is 12.9. The summed E-state index contributed by atoms with van der Waals surface area (Å²) < 4.78 is 37.1. The lowest BCUT2D eigenvalue weighted by molar-refractivity contribution is -0.122. The van der Waals surface area contributed by atoms with Gasteiger partial charge in [0.2, 0.25) is 15.9 Å². The number of hydrogen-bond acceptors (Lipinski definition) is 5. The van der Waals surface area contributed by atoms with Gasteiger partial charge in [-0.3, -0.25) is 9.10 Å². The van der Waals surface area contributed by atoms with Gasteiger partial charge in [0.1, 0.15) is 19.3 Å². The summed E-state index contributed by atoms with van der Waals surface area (Å²) >= 11 is 6.17. The Morgan fingerprint density at radius 1 is 1.10 bits per heavy atom. The zero-order chi connectivity index (χ0) is 22.1. The van der Waals surface area contributed by atoms with Crippen molar-refractivity contribution in [2.45, 2.75) is 32.9 Å². The smallest absolute Gasteiger partial charge is 0.244 e. The summed E-state index contributed by atoms with van der Waals surface area (Å²) in [6, 6.07) is 9.03. The number of hydrogen-bond donors (Lipinski definition) is 1. The minimum Gasteiger partial charge on any atom is -0.486 e. The zero-order valence-corrected chi connectivity index (χ0v) is 18.9. The number of aryl methyl sites for hydroxylation is 1. The molecule has 0 bridgehead atoms. The number of rotatable bonds is 6. The van der Waals surface area contributed by atoms with Crippen molar-refractivity contribution in [1.29, 1.82) is 0 Å². The molecule has 3 rings (SSSR count). The fourth-order valence-electron chi connectivity index (χ4n) is 3.27. The third-order valence-corrected chi connectivity index (χ3v) is 6.57. The van der Waals surface area contributed by atoms with Crippen LogP contribution in [0.4, 0.5) is 5.69 Å². The van der Waals surface area contributed by atoms with Gasteiger partial charge in [-0.05, 0) is 56.2 Å². The lowest BCUT2D eigenvalue weighted by Crippen LogP contribution is -2.48. The van der Waals surface area contributed by atoms with E-state index in [-0.39, 0.29) is 6.04 Å². The Hall–Kier alpha value is -2.45. The van der Waals surface area contributed by atoms with Crippen LogP contribution in [0.15, 0.2) is 36.4 Å². The highest BCUT2D eigenvalue weighted by Gasteiger charge is 2.30. The molecule has 30 heavy (non-hydrogen) atoms. The summed E-state index contributed by atoms with van der Waals surface area (Å²) in [5.74, 6) is 0.857. The molecule has 2 atom stereocenters. The Morgan fingerprint density at radius 3 is 2.40 bits per heavy atom. The van der Waals surface area contributed by atoms with Crippen LogP contribution in [0, 0.1) is 6.92 Å². The average molecular weight is 453 g/mol. The first-order valence-electron chi connectivity index (χ1n) is 9.53. The number of sulfonamides is 1. The van der Waals surface area contributed by atoms with Crippen molar-refractivity contribution in [3.63, 3.8) is 0 Å². The number of ether oxygens (including phenoxy) is 2. The quantitative estimate of drug-likeness (QED) is 0.725. The van der Waals surface area contributed by atoms with Gasteiger partial charge in [-0.25, -0.2) is 8.42 Å². The molecule has 9 heteroatoms. The standard InChI is InChI=1S/C21H25ClN2O5S/c1-13-5-7-17(12-18(13)22)24(30(4,26)27)15(3)21(25)23-14(2)16-6-8-19-20(11-16)29-10-9-28-19/h5-8,11-12,14-15H,9-10H2,1-4H3,(H,23,25)/t14-,15-/m0/s1. The SMILES string of the molecule is Cc1ccc(N([C@@H](C)C(=O)N[C@@H](C)c2ccc3c(c2)OCCO3)S(C)(=O)=O)cc1Cl. The normalized spacial score (nSPS) is 15.2. The molecule has 0 saturated carbocycles. The Balaban J connectivity index is 1.80. The minimum absolute atomic E-state index is 0.336. The van der Waals surface area contributed by atoms with E-state index in [9.17, 15) is 13.2 Å². The van der Waals surface area contributed by atoms with E-state index < -0.39 is 22.0 Å². The molecule has 162 valence electrons. The highest BCUT2D eigenvalue weighted by atomic mass is 35.5. The van der Waals surface area contributed by atoms with Gasteiger partial charge in [0.05, 0.1) is 18.0 Å². The summed E-state index contributed by atoms with van der Waals surface area (Å²) in [5.41, 5.74) is 1.98. The van der Waals surface area contributed by atoms with Crippen LogP contribution in [-0.4, -0.2) is 39.8 Å². The van der Waals surface area contributed by atoms with Gasteiger partial charge in [0.15, 0.2) is 11.5 Å². The molecule has 0 spiro atoms. The molecule has 0 aromatic heterocycles. The van der Waals surface area contributed by atoms with Gasteiger partial charge in [-0.15, -0.1) is 0 Å². The van der Waals surface area contributed by atoms with Crippen molar-refractivity contribution in [1.82, 2.24) is 5.32 Å². The second-order valence-electron chi connectivity index (χ2n) is 7.30. The van der Waals surface area contributed by atoms with Crippen molar-refractivity contribution in [3.05, 3.63) is 52.5 Å². The van der Waals surface area contributed by atoms with Crippen molar-refractivity contribution < 1.29 is 22.7 Å². The van der Waals surface area contributed by atoms with Crippen LogP contribution in [-0.2, 0) is 14.8 Å². The number of fused-ring (bicyclic) bond motifs is 1. The van der Waals surface area contributed by atoms with Crippen LogP contribution in [0.1, 0.15) is 31.0 Å². The van der Waals surface area contributed by atoms with Gasteiger partial charge >= 0.3 is 0 Å². The third kappa shape index (κ3) is 4.82. The van der Waals surface area contributed by atoms with E-state index in [4.69, 9.17) is 21.1 Å². The predicted molar refractivity (Wildman–Crippen MR) is 117 cm³/mol. The first-order chi connectivity index (χ1) is 14.1. The van der Waals surface area contributed by atoms with Crippen molar-refractivity contribution >= 4 is 33.2 Å². The van der Waals surface area contributed by atoms with Crippen LogP contribution in [0.2, 0.25) is 5.02 Å². The van der Waals surface area contributed by atoms with Crippen LogP contribution in [0.25, 0.3) is 0 Å². The Kier molecular flexibility index (Phi) is 6.47. The van der Waals surface area contributed by atoms with E-state index in [1.165, 1.54) is 0 Å². The van der Waals surface area contributed by atoms with Gasteiger partial charge in [0.25, 0.3) is 0 Å². The number of nitrogens with zero attached hydrogens (tertiary/aromatic N) is 1. The topological polar surface area (TPSA) is 84.9 Å². The molecule has 1 N–H and O–H groups in total. The summed E-state index contributed by atoms with van der Waals surface area (Å²) in [6.45, 7) is 6.16. The Bertz CT molecular complexity index is 1060. The summed E-state index contributed by atoms with van der Waals surface area (Å²) in [6.07, 6.45) is 1.06. The van der Waals surface area contributed by atoms with Crippen LogP contribution < -0.4 is 19.1 Å². The van der Waals surface area contributed by atoms with Crippen LogP contribution in [0.3, 0.4) is 0 Å². The van der Waals surface area contributed by atoms with E-state index in [0.29, 0.717) is 35.4 Å². The van der Waals surface area contributed by atoms with E-state index in [1.807, 2.05) is 26.0 Å². The van der Waals surface area contributed by atoms with E-state index in [0.717, 1.165) is 21.7 Å². The van der Waals surface area contributed by atoms with Crippen molar-refractivity contribution in [2.75, 3.05) is 23.8 Å². The molecule has 1 amide bonds. The molecule has 1 aliphatic heterocycles. The zero-order valence-electron chi connectivity index (χ0n) is 17.3. The number of halogens is 1. The molecule has 0 saturated heterocycles. The largest absolute Gasteiger partial charge is 0.486 e. The number of anilines is 1. The van der Waals surface area contributed by atoms with E-state index in [2.05, 4.69) is 5.32 Å².